The van der Waals surface area contributed by atoms with Gasteiger partial charge < -0.3 is 10.3 Å². The van der Waals surface area contributed by atoms with Crippen molar-refractivity contribution in [2.24, 2.45) is 0 Å². The maximum absolute atomic E-state index is 9.13. The molecule has 100 valence electrons. The van der Waals surface area contributed by atoms with Gasteiger partial charge in [-0.2, -0.15) is 10.5 Å². The SMILES string of the molecule is N#Cc1ncn(Cc2cc3ccccc3nc2N)c1C#N. The standard InChI is InChI=1S/C15H10N6/c16-6-13-14(7-17)21(9-19-13)8-11-5-10-3-1-2-4-12(10)20-15(11)18/h1-5,9H,8H2,(H2,18,20). The zero-order valence-corrected chi connectivity index (χ0v) is 11.0. The number of pyridine rings is 1. The van der Waals surface area contributed by atoms with Gasteiger partial charge in [0.15, 0.2) is 11.4 Å². The molecule has 0 unspecified atom stereocenters. The van der Waals surface area contributed by atoms with Gasteiger partial charge >= 0.3 is 0 Å². The number of para-hydroxylation sites is 1. The van der Waals surface area contributed by atoms with Crippen molar-refractivity contribution in [3.8, 4) is 12.1 Å². The van der Waals surface area contributed by atoms with Gasteiger partial charge in [0.05, 0.1) is 18.4 Å². The molecule has 0 amide bonds. The molecule has 0 spiro atoms. The number of fused-ring (bicyclic) bond motifs is 1. The van der Waals surface area contributed by atoms with Crippen LogP contribution in [0.15, 0.2) is 36.7 Å². The van der Waals surface area contributed by atoms with Gasteiger partial charge in [-0.05, 0) is 12.1 Å². The van der Waals surface area contributed by atoms with Gasteiger partial charge in [-0.25, -0.2) is 9.97 Å². The highest BCUT2D eigenvalue weighted by molar-refractivity contribution is 5.81. The van der Waals surface area contributed by atoms with E-state index in [0.29, 0.717) is 12.4 Å². The Kier molecular flexibility index (Phi) is 2.98. The third kappa shape index (κ3) is 2.15. The lowest BCUT2D eigenvalue weighted by molar-refractivity contribution is 0.786. The van der Waals surface area contributed by atoms with E-state index in [4.69, 9.17) is 16.3 Å². The highest BCUT2D eigenvalue weighted by Gasteiger charge is 2.12. The van der Waals surface area contributed by atoms with Crippen LogP contribution in [0.5, 0.6) is 0 Å². The van der Waals surface area contributed by atoms with Crippen LogP contribution in [0.25, 0.3) is 10.9 Å². The topological polar surface area (TPSA) is 104 Å². The van der Waals surface area contributed by atoms with Crippen molar-refractivity contribution in [3.05, 3.63) is 53.6 Å². The van der Waals surface area contributed by atoms with Crippen molar-refractivity contribution in [2.75, 3.05) is 5.73 Å². The van der Waals surface area contributed by atoms with Crippen molar-refractivity contribution in [1.29, 1.82) is 10.5 Å². The number of anilines is 1. The second-order valence-corrected chi connectivity index (χ2v) is 4.52. The first kappa shape index (κ1) is 12.6. The van der Waals surface area contributed by atoms with Crippen LogP contribution >= 0.6 is 0 Å². The largest absolute Gasteiger partial charge is 0.383 e. The van der Waals surface area contributed by atoms with E-state index in [0.717, 1.165) is 16.5 Å². The van der Waals surface area contributed by atoms with Crippen LogP contribution in [0.3, 0.4) is 0 Å². The summed E-state index contributed by atoms with van der Waals surface area (Å²) < 4.78 is 1.60. The number of aromatic nitrogens is 3. The van der Waals surface area contributed by atoms with Crippen LogP contribution in [0, 0.1) is 22.7 Å². The lowest BCUT2D eigenvalue weighted by Crippen LogP contribution is -2.06. The average Bonchev–Trinajstić information content (AvgIpc) is 2.89. The predicted molar refractivity (Wildman–Crippen MR) is 76.9 cm³/mol. The highest BCUT2D eigenvalue weighted by atomic mass is 15.1. The van der Waals surface area contributed by atoms with Crippen LogP contribution in [-0.2, 0) is 6.54 Å². The summed E-state index contributed by atoms with van der Waals surface area (Å²) in [5.74, 6) is 0.407. The number of benzene rings is 1. The summed E-state index contributed by atoms with van der Waals surface area (Å²) in [7, 11) is 0. The van der Waals surface area contributed by atoms with Gasteiger partial charge in [0.2, 0.25) is 0 Å². The summed E-state index contributed by atoms with van der Waals surface area (Å²) in [6.07, 6.45) is 1.46. The van der Waals surface area contributed by atoms with Crippen LogP contribution in [0.1, 0.15) is 17.0 Å². The third-order valence-corrected chi connectivity index (χ3v) is 3.23. The Balaban J connectivity index is 2.07. The molecule has 3 rings (SSSR count). The van der Waals surface area contributed by atoms with Crippen LogP contribution in [0.4, 0.5) is 5.82 Å². The number of rotatable bonds is 2. The summed E-state index contributed by atoms with van der Waals surface area (Å²) in [5, 5.41) is 19.0. The van der Waals surface area contributed by atoms with E-state index in [2.05, 4.69) is 9.97 Å². The van der Waals surface area contributed by atoms with Gasteiger partial charge in [-0.15, -0.1) is 0 Å². The van der Waals surface area contributed by atoms with Crippen molar-refractivity contribution >= 4 is 16.7 Å². The van der Waals surface area contributed by atoms with E-state index < -0.39 is 0 Å². The smallest absolute Gasteiger partial charge is 0.176 e. The highest BCUT2D eigenvalue weighted by Crippen LogP contribution is 2.20. The second kappa shape index (κ2) is 4.95. The molecule has 6 nitrogen and oxygen atoms in total. The Bertz CT molecular complexity index is 910. The average molecular weight is 274 g/mol. The number of imidazole rings is 1. The molecule has 2 aromatic heterocycles. The molecule has 0 saturated heterocycles. The van der Waals surface area contributed by atoms with E-state index in [1.54, 1.807) is 4.57 Å². The molecule has 0 fully saturated rings. The molecule has 2 heterocycles. The Labute approximate surface area is 120 Å². The van der Waals surface area contributed by atoms with E-state index in [1.807, 2.05) is 42.5 Å². The first-order valence-corrected chi connectivity index (χ1v) is 6.22. The van der Waals surface area contributed by atoms with E-state index in [-0.39, 0.29) is 11.4 Å². The molecular weight excluding hydrogens is 264 g/mol. The lowest BCUT2D eigenvalue weighted by Gasteiger charge is -2.08. The summed E-state index contributed by atoms with van der Waals surface area (Å²) in [6, 6.07) is 13.5. The second-order valence-electron chi connectivity index (χ2n) is 4.52. The van der Waals surface area contributed by atoms with Crippen molar-refractivity contribution < 1.29 is 0 Å². The van der Waals surface area contributed by atoms with Gasteiger partial charge in [-0.3, -0.25) is 0 Å². The lowest BCUT2D eigenvalue weighted by atomic mass is 10.1. The normalized spacial score (nSPS) is 10.2. The third-order valence-electron chi connectivity index (χ3n) is 3.23. The molecule has 3 aromatic rings. The summed E-state index contributed by atoms with van der Waals surface area (Å²) in [4.78, 5) is 8.26. The molecule has 0 aliphatic heterocycles. The number of hydrogen-bond donors (Lipinski definition) is 1. The predicted octanol–water partition coefficient (Wildman–Crippen LogP) is 1.81. The first-order chi connectivity index (χ1) is 10.2. The molecule has 0 saturated carbocycles. The molecule has 21 heavy (non-hydrogen) atoms. The molecule has 2 N–H and O–H groups in total. The van der Waals surface area contributed by atoms with E-state index in [9.17, 15) is 0 Å². The summed E-state index contributed by atoms with van der Waals surface area (Å²) in [6.45, 7) is 0.348. The van der Waals surface area contributed by atoms with Gasteiger partial charge in [-0.1, -0.05) is 18.2 Å². The molecule has 6 heteroatoms. The Morgan fingerprint density at radius 3 is 2.76 bits per heavy atom. The number of nitrogen functional groups attached to an aromatic ring is 1. The minimum Gasteiger partial charge on any atom is -0.383 e. The Hall–Kier alpha value is -3.38. The number of nitrogens with two attached hydrogens (primary N) is 1. The van der Waals surface area contributed by atoms with Gasteiger partial charge in [0.25, 0.3) is 0 Å². The van der Waals surface area contributed by atoms with E-state index >= 15 is 0 Å². The maximum atomic E-state index is 9.13. The quantitative estimate of drug-likeness (QED) is 0.767. The van der Waals surface area contributed by atoms with Crippen LogP contribution in [0.2, 0.25) is 0 Å². The molecular formula is C15H10N6. The molecule has 1 aromatic carbocycles. The minimum atomic E-state index is 0.116. The van der Waals surface area contributed by atoms with Crippen LogP contribution in [-0.4, -0.2) is 14.5 Å². The molecule has 0 aliphatic carbocycles. The fourth-order valence-electron chi connectivity index (χ4n) is 2.19. The zero-order chi connectivity index (χ0) is 14.8. The van der Waals surface area contributed by atoms with Gasteiger partial charge in [0, 0.05) is 10.9 Å². The first-order valence-electron chi connectivity index (χ1n) is 6.22. The fourth-order valence-corrected chi connectivity index (χ4v) is 2.19. The van der Waals surface area contributed by atoms with Gasteiger partial charge in [0.1, 0.15) is 18.0 Å². The Morgan fingerprint density at radius 1 is 1.19 bits per heavy atom. The number of hydrogen-bond acceptors (Lipinski definition) is 5. The molecule has 0 aliphatic rings. The Morgan fingerprint density at radius 2 is 2.00 bits per heavy atom. The zero-order valence-electron chi connectivity index (χ0n) is 11.0. The molecule has 0 radical (unpaired) electrons. The van der Waals surface area contributed by atoms with Crippen LogP contribution < -0.4 is 5.73 Å². The fraction of sp³-hybridized carbons (Fsp3) is 0.0667. The molecule has 0 atom stereocenters. The number of nitrogens with zero attached hydrogens (tertiary/aromatic N) is 5. The maximum Gasteiger partial charge on any atom is 0.176 e. The number of nitriles is 2. The monoisotopic (exact) mass is 274 g/mol. The van der Waals surface area contributed by atoms with Crippen molar-refractivity contribution in [2.45, 2.75) is 6.54 Å². The van der Waals surface area contributed by atoms with E-state index in [1.165, 1.54) is 6.33 Å². The summed E-state index contributed by atoms with van der Waals surface area (Å²) >= 11 is 0. The molecule has 0 bridgehead atoms. The summed E-state index contributed by atoms with van der Waals surface area (Å²) in [5.41, 5.74) is 7.92. The minimum absolute atomic E-state index is 0.116. The van der Waals surface area contributed by atoms with Crippen molar-refractivity contribution in [1.82, 2.24) is 14.5 Å². The van der Waals surface area contributed by atoms with Crippen molar-refractivity contribution in [3.63, 3.8) is 0 Å².